The van der Waals surface area contributed by atoms with E-state index >= 15 is 0 Å². The van der Waals surface area contributed by atoms with Gasteiger partial charge in [-0.2, -0.15) is 0 Å². The number of rotatable bonds is 6. The first-order valence-electron chi connectivity index (χ1n) is 7.54. The topological polar surface area (TPSA) is 87.5 Å². The van der Waals surface area contributed by atoms with Gasteiger partial charge in [0.15, 0.2) is 0 Å². The second-order valence-electron chi connectivity index (χ2n) is 5.48. The maximum absolute atomic E-state index is 12.1. The van der Waals surface area contributed by atoms with E-state index in [1.807, 2.05) is 6.92 Å². The predicted octanol–water partition coefficient (Wildman–Crippen LogP) is 0.928. The third-order valence-corrected chi connectivity index (χ3v) is 3.74. The quantitative estimate of drug-likeness (QED) is 0.464. The molecule has 0 bridgehead atoms. The van der Waals surface area contributed by atoms with Crippen LogP contribution in [0.25, 0.3) is 0 Å². The number of hydrogen-bond acceptors (Lipinski definition) is 5. The van der Waals surface area contributed by atoms with Crippen LogP contribution in [0.15, 0.2) is 18.2 Å². The maximum atomic E-state index is 12.1. The van der Waals surface area contributed by atoms with Crippen LogP contribution in [0.1, 0.15) is 22.3 Å². The monoisotopic (exact) mass is 306 g/mol. The average molecular weight is 306 g/mol. The summed E-state index contributed by atoms with van der Waals surface area (Å²) in [5, 5.41) is 17.1. The molecule has 1 fully saturated rings. The van der Waals surface area contributed by atoms with E-state index in [1.165, 1.54) is 6.07 Å². The fraction of sp³-hybridized carbons (Fsp3) is 0.533. The summed E-state index contributed by atoms with van der Waals surface area (Å²) in [7, 11) is 0. The minimum Gasteiger partial charge on any atom is -0.352 e. The number of amides is 1. The van der Waals surface area contributed by atoms with Gasteiger partial charge in [0, 0.05) is 38.8 Å². The Hall–Kier alpha value is -1.99. The highest BCUT2D eigenvalue weighted by Gasteiger charge is 2.19. The summed E-state index contributed by atoms with van der Waals surface area (Å²) in [6.45, 7) is 7.31. The van der Waals surface area contributed by atoms with Gasteiger partial charge < -0.3 is 15.5 Å². The molecule has 0 saturated carbocycles. The Balaban J connectivity index is 1.84. The number of nitro groups is 1. The summed E-state index contributed by atoms with van der Waals surface area (Å²) >= 11 is 0. The Kier molecular flexibility index (Phi) is 5.85. The van der Waals surface area contributed by atoms with Crippen LogP contribution in [0.2, 0.25) is 0 Å². The minimum absolute atomic E-state index is 0.132. The van der Waals surface area contributed by atoms with E-state index in [0.29, 0.717) is 6.54 Å². The lowest BCUT2D eigenvalue weighted by Crippen LogP contribution is -2.44. The van der Waals surface area contributed by atoms with Crippen LogP contribution in [-0.4, -0.2) is 55.0 Å². The summed E-state index contributed by atoms with van der Waals surface area (Å²) in [5.74, 6) is -0.379. The normalized spacial score (nSPS) is 15.5. The van der Waals surface area contributed by atoms with Crippen LogP contribution >= 0.6 is 0 Å². The third kappa shape index (κ3) is 4.51. The van der Waals surface area contributed by atoms with Gasteiger partial charge in [-0.1, -0.05) is 6.07 Å². The van der Waals surface area contributed by atoms with Crippen LogP contribution in [0.5, 0.6) is 0 Å². The molecule has 1 amide bonds. The molecule has 7 heteroatoms. The number of nitrogens with zero attached hydrogens (tertiary/aromatic N) is 2. The highest BCUT2D eigenvalue weighted by atomic mass is 16.6. The fourth-order valence-corrected chi connectivity index (χ4v) is 2.53. The second kappa shape index (κ2) is 7.86. The summed E-state index contributed by atoms with van der Waals surface area (Å²) in [6.07, 6.45) is 0.839. The minimum atomic E-state index is -0.519. The molecule has 0 spiro atoms. The van der Waals surface area contributed by atoms with Gasteiger partial charge in [-0.25, -0.2) is 0 Å². The number of carbonyl (C=O) groups is 1. The molecule has 120 valence electrons. The molecule has 1 aromatic carbocycles. The molecule has 0 aliphatic carbocycles. The van der Waals surface area contributed by atoms with Gasteiger partial charge in [-0.3, -0.25) is 14.9 Å². The molecule has 1 aromatic rings. The molecule has 0 unspecified atom stereocenters. The first kappa shape index (κ1) is 16.4. The zero-order valence-electron chi connectivity index (χ0n) is 12.8. The molecule has 2 N–H and O–H groups in total. The number of piperazine rings is 1. The van der Waals surface area contributed by atoms with Crippen molar-refractivity contribution in [3.8, 4) is 0 Å². The smallest absolute Gasteiger partial charge is 0.282 e. The molecule has 22 heavy (non-hydrogen) atoms. The first-order chi connectivity index (χ1) is 10.6. The number of carbonyl (C=O) groups excluding carboxylic acids is 1. The SMILES string of the molecule is Cc1ccc([N+](=O)[O-])c(C(=O)NCCCN2CCNCC2)c1. The molecule has 0 aromatic heterocycles. The van der Waals surface area contributed by atoms with Crippen LogP contribution in [0.4, 0.5) is 5.69 Å². The molecule has 0 atom stereocenters. The Bertz CT molecular complexity index is 542. The Morgan fingerprint density at radius 2 is 2.14 bits per heavy atom. The van der Waals surface area contributed by atoms with E-state index in [4.69, 9.17) is 0 Å². The largest absolute Gasteiger partial charge is 0.352 e. The van der Waals surface area contributed by atoms with Gasteiger partial charge in [0.25, 0.3) is 11.6 Å². The van der Waals surface area contributed by atoms with Gasteiger partial charge >= 0.3 is 0 Å². The zero-order valence-corrected chi connectivity index (χ0v) is 12.8. The van der Waals surface area contributed by atoms with Gasteiger partial charge in [0.2, 0.25) is 0 Å². The lowest BCUT2D eigenvalue weighted by molar-refractivity contribution is -0.385. The standard InChI is InChI=1S/C15H22N4O3/c1-12-3-4-14(19(21)22)13(11-12)15(20)17-5-2-8-18-9-6-16-7-10-18/h3-4,11,16H,2,5-10H2,1H3,(H,17,20). The second-order valence-corrected chi connectivity index (χ2v) is 5.48. The highest BCUT2D eigenvalue weighted by Crippen LogP contribution is 2.19. The molecular weight excluding hydrogens is 284 g/mol. The Labute approximate surface area is 129 Å². The van der Waals surface area contributed by atoms with E-state index in [0.717, 1.165) is 44.7 Å². The highest BCUT2D eigenvalue weighted by molar-refractivity contribution is 5.98. The third-order valence-electron chi connectivity index (χ3n) is 3.74. The molecule has 0 radical (unpaired) electrons. The summed E-state index contributed by atoms with van der Waals surface area (Å²) in [5.41, 5.74) is 0.814. The van der Waals surface area contributed by atoms with Gasteiger partial charge in [0.05, 0.1) is 4.92 Å². The zero-order chi connectivity index (χ0) is 15.9. The van der Waals surface area contributed by atoms with Crippen molar-refractivity contribution in [2.75, 3.05) is 39.3 Å². The van der Waals surface area contributed by atoms with Crippen LogP contribution < -0.4 is 10.6 Å². The predicted molar refractivity (Wildman–Crippen MR) is 84.1 cm³/mol. The number of benzene rings is 1. The van der Waals surface area contributed by atoms with Crippen LogP contribution in [0.3, 0.4) is 0 Å². The lowest BCUT2D eigenvalue weighted by atomic mass is 10.1. The van der Waals surface area contributed by atoms with Crippen molar-refractivity contribution in [2.24, 2.45) is 0 Å². The fourth-order valence-electron chi connectivity index (χ4n) is 2.53. The molecule has 1 aliphatic heterocycles. The van der Waals surface area contributed by atoms with Crippen molar-refractivity contribution in [1.82, 2.24) is 15.5 Å². The van der Waals surface area contributed by atoms with E-state index in [-0.39, 0.29) is 17.2 Å². The van der Waals surface area contributed by atoms with E-state index in [9.17, 15) is 14.9 Å². The van der Waals surface area contributed by atoms with Gasteiger partial charge in [-0.05, 0) is 31.5 Å². The van der Waals surface area contributed by atoms with Crippen molar-refractivity contribution < 1.29 is 9.72 Å². The number of hydrogen-bond donors (Lipinski definition) is 2. The summed E-state index contributed by atoms with van der Waals surface area (Å²) < 4.78 is 0. The average Bonchev–Trinajstić information content (AvgIpc) is 2.52. The lowest BCUT2D eigenvalue weighted by Gasteiger charge is -2.27. The molecule has 1 heterocycles. The van der Waals surface area contributed by atoms with Crippen molar-refractivity contribution in [3.63, 3.8) is 0 Å². The van der Waals surface area contributed by atoms with E-state index in [2.05, 4.69) is 15.5 Å². The summed E-state index contributed by atoms with van der Waals surface area (Å²) in [6, 6.07) is 4.58. The molecular formula is C15H22N4O3. The van der Waals surface area contributed by atoms with Crippen molar-refractivity contribution >= 4 is 11.6 Å². The Morgan fingerprint density at radius 1 is 1.41 bits per heavy atom. The van der Waals surface area contributed by atoms with E-state index in [1.54, 1.807) is 12.1 Å². The van der Waals surface area contributed by atoms with Crippen molar-refractivity contribution in [1.29, 1.82) is 0 Å². The number of nitro benzene ring substituents is 1. The van der Waals surface area contributed by atoms with Crippen molar-refractivity contribution in [3.05, 3.63) is 39.4 Å². The number of nitrogens with one attached hydrogen (secondary N) is 2. The van der Waals surface area contributed by atoms with Gasteiger partial charge in [-0.15, -0.1) is 0 Å². The summed E-state index contributed by atoms with van der Waals surface area (Å²) in [4.78, 5) is 24.9. The molecule has 2 rings (SSSR count). The van der Waals surface area contributed by atoms with E-state index < -0.39 is 4.92 Å². The van der Waals surface area contributed by atoms with Gasteiger partial charge in [0.1, 0.15) is 5.56 Å². The molecule has 7 nitrogen and oxygen atoms in total. The van der Waals surface area contributed by atoms with Crippen LogP contribution in [0, 0.1) is 17.0 Å². The molecule has 1 saturated heterocycles. The number of aryl methyl sites for hydroxylation is 1. The van der Waals surface area contributed by atoms with Crippen molar-refractivity contribution in [2.45, 2.75) is 13.3 Å². The first-order valence-corrected chi connectivity index (χ1v) is 7.54. The molecule has 1 aliphatic rings. The Morgan fingerprint density at radius 3 is 2.82 bits per heavy atom. The maximum Gasteiger partial charge on any atom is 0.282 e. The van der Waals surface area contributed by atoms with Crippen LogP contribution in [-0.2, 0) is 0 Å².